The van der Waals surface area contributed by atoms with Gasteiger partial charge in [0, 0.05) is 0 Å². The topological polar surface area (TPSA) is 0 Å². The molecule has 0 aromatic carbocycles. The molecule has 1 saturated carbocycles. The van der Waals surface area contributed by atoms with Crippen LogP contribution in [0.2, 0.25) is 0 Å². The summed E-state index contributed by atoms with van der Waals surface area (Å²) < 4.78 is 0. The van der Waals surface area contributed by atoms with E-state index in [1.54, 1.807) is 0 Å². The van der Waals surface area contributed by atoms with Gasteiger partial charge in [-0.1, -0.05) is 130 Å². The fourth-order valence-corrected chi connectivity index (χ4v) is 0. The monoisotopic (exact) mass is 282 g/mol. The summed E-state index contributed by atoms with van der Waals surface area (Å²) in [6, 6.07) is 0. The SMILES string of the molecule is C1CC1.CC.CC.CC.CC.CC.CC.CC.CC. The van der Waals surface area contributed by atoms with Gasteiger partial charge in [-0.05, 0) is 0 Å². The third-order valence-electron chi connectivity index (χ3n) is 0.354. The average molecular weight is 283 g/mol. The van der Waals surface area contributed by atoms with E-state index in [2.05, 4.69) is 0 Å². The summed E-state index contributed by atoms with van der Waals surface area (Å²) in [5, 5.41) is 0. The zero-order chi connectivity index (χ0) is 18.1. The van der Waals surface area contributed by atoms with Gasteiger partial charge in [0.1, 0.15) is 0 Å². The van der Waals surface area contributed by atoms with Crippen LogP contribution in [0.4, 0.5) is 0 Å². The van der Waals surface area contributed by atoms with Gasteiger partial charge in [0.05, 0.1) is 0 Å². The zero-order valence-corrected chi connectivity index (χ0v) is 18.1. The van der Waals surface area contributed by atoms with Crippen LogP contribution in [0.15, 0.2) is 0 Å². The van der Waals surface area contributed by atoms with Crippen molar-refractivity contribution in [1.29, 1.82) is 0 Å². The Balaban J connectivity index is -0.0000000121. The maximum Gasteiger partial charge on any atom is -0.0533 e. The standard InChI is InChI=1S/C3H6.8C2H6/c1-2-3-1;8*1-2/h1-3H2;8*1-2H3. The van der Waals surface area contributed by atoms with Crippen LogP contribution >= 0.6 is 0 Å². The van der Waals surface area contributed by atoms with E-state index in [-0.39, 0.29) is 0 Å². The van der Waals surface area contributed by atoms with Gasteiger partial charge in [0.2, 0.25) is 0 Å². The molecule has 1 aliphatic rings. The smallest absolute Gasteiger partial charge is 0.0533 e. The Labute approximate surface area is 130 Å². The van der Waals surface area contributed by atoms with E-state index in [4.69, 9.17) is 0 Å². The summed E-state index contributed by atoms with van der Waals surface area (Å²) in [5.41, 5.74) is 0. The third-order valence-corrected chi connectivity index (χ3v) is 0.354. The highest BCUT2D eigenvalue weighted by molar-refractivity contribution is 4.50. The van der Waals surface area contributed by atoms with E-state index in [0.717, 1.165) is 0 Å². The fraction of sp³-hybridized carbons (Fsp3) is 1.00. The lowest BCUT2D eigenvalue weighted by atomic mass is 11.0. The highest BCUT2D eigenvalue weighted by Crippen LogP contribution is 2.14. The first-order valence-corrected chi connectivity index (χ1v) is 9.50. The van der Waals surface area contributed by atoms with Crippen molar-refractivity contribution >= 4 is 0 Å². The van der Waals surface area contributed by atoms with Crippen LogP contribution < -0.4 is 0 Å². The quantitative estimate of drug-likeness (QED) is 0.415. The minimum absolute atomic E-state index is 1.50. The molecule has 0 atom stereocenters. The fourth-order valence-electron chi connectivity index (χ4n) is 0. The molecule has 0 amide bonds. The van der Waals surface area contributed by atoms with Crippen molar-refractivity contribution < 1.29 is 0 Å². The van der Waals surface area contributed by atoms with E-state index in [9.17, 15) is 0 Å². The Morgan fingerprint density at radius 2 is 0.263 bits per heavy atom. The molecular formula is C19H54. The molecule has 0 nitrogen and oxygen atoms in total. The Hall–Kier alpha value is 0. The summed E-state index contributed by atoms with van der Waals surface area (Å²) >= 11 is 0. The normalized spacial score (nSPS) is 6.32. The lowest BCUT2D eigenvalue weighted by Crippen LogP contribution is -0.856. The molecule has 130 valence electrons. The van der Waals surface area contributed by atoms with Crippen LogP contribution in [0.3, 0.4) is 0 Å². The van der Waals surface area contributed by atoms with Gasteiger partial charge >= 0.3 is 0 Å². The highest BCUT2D eigenvalue weighted by Gasteiger charge is 1.95. The van der Waals surface area contributed by atoms with E-state index in [1.165, 1.54) is 19.3 Å². The van der Waals surface area contributed by atoms with Crippen molar-refractivity contribution in [2.24, 2.45) is 0 Å². The minimum Gasteiger partial charge on any atom is -0.0683 e. The Bertz CT molecular complexity index is 4.75. The molecular weight excluding hydrogens is 228 g/mol. The van der Waals surface area contributed by atoms with Gasteiger partial charge in [-0.25, -0.2) is 0 Å². The van der Waals surface area contributed by atoms with Crippen LogP contribution in [0.25, 0.3) is 0 Å². The first kappa shape index (κ1) is 50.9. The van der Waals surface area contributed by atoms with E-state index < -0.39 is 0 Å². The van der Waals surface area contributed by atoms with Gasteiger partial charge in [0.25, 0.3) is 0 Å². The van der Waals surface area contributed by atoms with Crippen LogP contribution in [0.5, 0.6) is 0 Å². The Morgan fingerprint density at radius 3 is 0.263 bits per heavy atom. The summed E-state index contributed by atoms with van der Waals surface area (Å²) in [7, 11) is 0. The molecule has 1 aliphatic carbocycles. The molecule has 0 aromatic heterocycles. The average Bonchev–Trinajstić information content (AvgIpc) is 3.51. The summed E-state index contributed by atoms with van der Waals surface area (Å²) in [6.45, 7) is 32.0. The minimum atomic E-state index is 1.50. The molecule has 0 saturated heterocycles. The van der Waals surface area contributed by atoms with Crippen molar-refractivity contribution in [3.05, 3.63) is 0 Å². The molecule has 0 aromatic rings. The highest BCUT2D eigenvalue weighted by atomic mass is 14.0. The molecule has 0 unspecified atom stereocenters. The lowest BCUT2D eigenvalue weighted by Gasteiger charge is -1.07. The molecule has 0 heterocycles. The van der Waals surface area contributed by atoms with Gasteiger partial charge in [-0.3, -0.25) is 0 Å². The molecule has 0 heteroatoms. The van der Waals surface area contributed by atoms with Gasteiger partial charge < -0.3 is 0 Å². The second kappa shape index (κ2) is 578. The largest absolute Gasteiger partial charge is 0.0683 e. The molecule has 0 aliphatic heterocycles. The summed E-state index contributed by atoms with van der Waals surface area (Å²) in [5.74, 6) is 0. The molecule has 0 radical (unpaired) electrons. The van der Waals surface area contributed by atoms with Crippen molar-refractivity contribution in [2.75, 3.05) is 0 Å². The maximum absolute atomic E-state index is 2.00. The van der Waals surface area contributed by atoms with Crippen molar-refractivity contribution in [2.45, 2.75) is 130 Å². The van der Waals surface area contributed by atoms with E-state index in [1.807, 2.05) is 111 Å². The van der Waals surface area contributed by atoms with E-state index in [0.29, 0.717) is 0 Å². The molecule has 0 bridgehead atoms. The van der Waals surface area contributed by atoms with Crippen LogP contribution in [0, 0.1) is 0 Å². The number of hydrogen-bond acceptors (Lipinski definition) is 0. The summed E-state index contributed by atoms with van der Waals surface area (Å²) in [6.07, 6.45) is 4.50. The maximum atomic E-state index is 2.00. The van der Waals surface area contributed by atoms with Crippen molar-refractivity contribution in [3.8, 4) is 0 Å². The number of hydrogen-bond donors (Lipinski definition) is 0. The number of rotatable bonds is 0. The molecule has 19 heavy (non-hydrogen) atoms. The molecule has 1 fully saturated rings. The zero-order valence-electron chi connectivity index (χ0n) is 18.1. The summed E-state index contributed by atoms with van der Waals surface area (Å²) in [4.78, 5) is 0. The van der Waals surface area contributed by atoms with Gasteiger partial charge in [-0.15, -0.1) is 0 Å². The second-order valence-corrected chi connectivity index (χ2v) is 1.06. The van der Waals surface area contributed by atoms with Crippen molar-refractivity contribution in [3.63, 3.8) is 0 Å². The Morgan fingerprint density at radius 1 is 0.211 bits per heavy atom. The predicted octanol–water partition coefficient (Wildman–Crippen LogP) is 9.38. The third kappa shape index (κ3) is 4610. The molecule has 0 spiro atoms. The van der Waals surface area contributed by atoms with Crippen molar-refractivity contribution in [1.82, 2.24) is 0 Å². The van der Waals surface area contributed by atoms with Gasteiger partial charge in [0.15, 0.2) is 0 Å². The molecule has 1 rings (SSSR count). The Kier molecular flexibility index (Phi) is 1550. The van der Waals surface area contributed by atoms with Crippen LogP contribution in [0.1, 0.15) is 130 Å². The van der Waals surface area contributed by atoms with Crippen LogP contribution in [-0.2, 0) is 0 Å². The second-order valence-electron chi connectivity index (χ2n) is 1.06. The first-order chi connectivity index (χ1) is 9.50. The molecule has 0 N–H and O–H groups in total. The lowest BCUT2D eigenvalue weighted by molar-refractivity contribution is 1.50. The van der Waals surface area contributed by atoms with Crippen LogP contribution in [-0.4, -0.2) is 0 Å². The predicted molar refractivity (Wildman–Crippen MR) is 105 cm³/mol. The van der Waals surface area contributed by atoms with E-state index >= 15 is 0 Å². The van der Waals surface area contributed by atoms with Gasteiger partial charge in [-0.2, -0.15) is 0 Å². The first-order valence-electron chi connectivity index (χ1n) is 9.50.